The number of fused-ring (bicyclic) bond motifs is 1. The van der Waals surface area contributed by atoms with Gasteiger partial charge in [0.25, 0.3) is 0 Å². The van der Waals surface area contributed by atoms with Gasteiger partial charge in [0.1, 0.15) is 0 Å². The Labute approximate surface area is 115 Å². The zero-order valence-electron chi connectivity index (χ0n) is 11.4. The number of benzene rings is 2. The largest absolute Gasteiger partial charge is 0.296 e. The monoisotopic (exact) mass is 251 g/mol. The van der Waals surface area contributed by atoms with Crippen molar-refractivity contribution < 1.29 is 0 Å². The van der Waals surface area contributed by atoms with Crippen LogP contribution in [0.5, 0.6) is 0 Å². The molecule has 2 aromatic rings. The summed E-state index contributed by atoms with van der Waals surface area (Å²) in [6.07, 6.45) is 5.74. The van der Waals surface area contributed by atoms with E-state index in [1.54, 1.807) is 0 Å². The first-order chi connectivity index (χ1) is 9.40. The van der Waals surface area contributed by atoms with Crippen molar-refractivity contribution >= 4 is 10.8 Å². The molecule has 0 N–H and O–H groups in total. The average molecular weight is 251 g/mol. The van der Waals surface area contributed by atoms with Crippen molar-refractivity contribution in [3.05, 3.63) is 48.0 Å². The summed E-state index contributed by atoms with van der Waals surface area (Å²) in [4.78, 5) is 2.74. The first-order valence-electron chi connectivity index (χ1n) is 7.61. The molecule has 0 amide bonds. The lowest BCUT2D eigenvalue weighted by Gasteiger charge is -2.22. The molecule has 2 saturated carbocycles. The SMILES string of the molecule is c1ccc2c(CN(CC3CC3)C3CC3)cccc2c1. The Kier molecular flexibility index (Phi) is 2.81. The van der Waals surface area contributed by atoms with E-state index in [1.165, 1.54) is 48.6 Å². The lowest BCUT2D eigenvalue weighted by atomic mass is 10.0. The molecule has 0 aliphatic heterocycles. The van der Waals surface area contributed by atoms with Gasteiger partial charge in [0.05, 0.1) is 0 Å². The minimum atomic E-state index is 0.875. The predicted molar refractivity (Wildman–Crippen MR) is 80.1 cm³/mol. The summed E-state index contributed by atoms with van der Waals surface area (Å²) in [6.45, 7) is 2.47. The minimum Gasteiger partial charge on any atom is -0.296 e. The van der Waals surface area contributed by atoms with Crippen LogP contribution in [0.2, 0.25) is 0 Å². The second-order valence-corrected chi connectivity index (χ2v) is 6.24. The topological polar surface area (TPSA) is 3.24 Å². The summed E-state index contributed by atoms with van der Waals surface area (Å²) in [7, 11) is 0. The maximum absolute atomic E-state index is 2.74. The molecule has 0 aromatic heterocycles. The number of nitrogens with zero attached hydrogens (tertiary/aromatic N) is 1. The van der Waals surface area contributed by atoms with Gasteiger partial charge in [0, 0.05) is 19.1 Å². The standard InChI is InChI=1S/C18H21N/c1-2-7-18-15(4-1)5-3-6-16(18)13-19(17-10-11-17)12-14-8-9-14/h1-7,14,17H,8-13H2. The van der Waals surface area contributed by atoms with Gasteiger partial charge < -0.3 is 0 Å². The van der Waals surface area contributed by atoms with E-state index in [1.807, 2.05) is 0 Å². The van der Waals surface area contributed by atoms with E-state index in [2.05, 4.69) is 47.4 Å². The maximum atomic E-state index is 2.74. The molecule has 2 aromatic carbocycles. The Hall–Kier alpha value is -1.34. The molecule has 0 radical (unpaired) electrons. The molecule has 98 valence electrons. The second-order valence-electron chi connectivity index (χ2n) is 6.24. The third-order valence-corrected chi connectivity index (χ3v) is 4.51. The normalized spacial score (nSPS) is 19.2. The van der Waals surface area contributed by atoms with E-state index in [0.29, 0.717) is 0 Å². The highest BCUT2D eigenvalue weighted by molar-refractivity contribution is 5.85. The Morgan fingerprint density at radius 1 is 0.895 bits per heavy atom. The fraction of sp³-hybridized carbons (Fsp3) is 0.444. The van der Waals surface area contributed by atoms with Crippen molar-refractivity contribution in [2.45, 2.75) is 38.3 Å². The number of rotatable bonds is 5. The van der Waals surface area contributed by atoms with Crippen molar-refractivity contribution in [1.29, 1.82) is 0 Å². The molecule has 2 aliphatic carbocycles. The summed E-state index contributed by atoms with van der Waals surface area (Å²) in [5.74, 6) is 0.996. The van der Waals surface area contributed by atoms with Gasteiger partial charge in [-0.05, 0) is 47.9 Å². The van der Waals surface area contributed by atoms with Gasteiger partial charge in [-0.2, -0.15) is 0 Å². The molecule has 0 saturated heterocycles. The van der Waals surface area contributed by atoms with Crippen LogP contribution in [0.1, 0.15) is 31.2 Å². The molecule has 2 aliphatic rings. The Balaban J connectivity index is 1.61. The second kappa shape index (κ2) is 4.64. The van der Waals surface area contributed by atoms with Crippen molar-refractivity contribution in [1.82, 2.24) is 4.90 Å². The lowest BCUT2D eigenvalue weighted by molar-refractivity contribution is 0.245. The van der Waals surface area contributed by atoms with E-state index in [-0.39, 0.29) is 0 Å². The summed E-state index contributed by atoms with van der Waals surface area (Å²) < 4.78 is 0. The minimum absolute atomic E-state index is 0.875. The fourth-order valence-electron chi connectivity index (χ4n) is 3.06. The van der Waals surface area contributed by atoms with Crippen LogP contribution in [0, 0.1) is 5.92 Å². The van der Waals surface area contributed by atoms with Crippen LogP contribution < -0.4 is 0 Å². The van der Waals surface area contributed by atoms with Gasteiger partial charge in [0.2, 0.25) is 0 Å². The molecule has 0 heterocycles. The number of hydrogen-bond donors (Lipinski definition) is 0. The quantitative estimate of drug-likeness (QED) is 0.769. The van der Waals surface area contributed by atoms with Crippen LogP contribution >= 0.6 is 0 Å². The van der Waals surface area contributed by atoms with Crippen LogP contribution in [0.25, 0.3) is 10.8 Å². The van der Waals surface area contributed by atoms with Gasteiger partial charge in [-0.25, -0.2) is 0 Å². The molecule has 4 rings (SSSR count). The van der Waals surface area contributed by atoms with E-state index < -0.39 is 0 Å². The molecule has 1 nitrogen and oxygen atoms in total. The first kappa shape index (κ1) is 11.5. The lowest BCUT2D eigenvalue weighted by Crippen LogP contribution is -2.27. The zero-order chi connectivity index (χ0) is 12.7. The van der Waals surface area contributed by atoms with Crippen LogP contribution in [-0.4, -0.2) is 17.5 Å². The van der Waals surface area contributed by atoms with Crippen molar-refractivity contribution in [2.24, 2.45) is 5.92 Å². The molecule has 1 heteroatoms. The highest BCUT2D eigenvalue weighted by Gasteiger charge is 2.33. The van der Waals surface area contributed by atoms with Crippen molar-refractivity contribution in [3.63, 3.8) is 0 Å². The summed E-state index contributed by atoms with van der Waals surface area (Å²) in [6, 6.07) is 16.4. The summed E-state index contributed by atoms with van der Waals surface area (Å²) >= 11 is 0. The van der Waals surface area contributed by atoms with Gasteiger partial charge in [-0.15, -0.1) is 0 Å². The molecular formula is C18H21N. The van der Waals surface area contributed by atoms with E-state index in [9.17, 15) is 0 Å². The average Bonchev–Trinajstić information content (AvgIpc) is 3.31. The molecule has 0 unspecified atom stereocenters. The highest BCUT2D eigenvalue weighted by Crippen LogP contribution is 2.36. The summed E-state index contributed by atoms with van der Waals surface area (Å²) in [5, 5.41) is 2.81. The number of hydrogen-bond acceptors (Lipinski definition) is 1. The van der Waals surface area contributed by atoms with Gasteiger partial charge in [-0.1, -0.05) is 42.5 Å². The Morgan fingerprint density at radius 3 is 2.47 bits per heavy atom. The van der Waals surface area contributed by atoms with E-state index >= 15 is 0 Å². The van der Waals surface area contributed by atoms with Gasteiger partial charge >= 0.3 is 0 Å². The molecule has 0 bridgehead atoms. The summed E-state index contributed by atoms with van der Waals surface area (Å²) in [5.41, 5.74) is 1.51. The van der Waals surface area contributed by atoms with Crippen LogP contribution in [0.3, 0.4) is 0 Å². The van der Waals surface area contributed by atoms with Crippen molar-refractivity contribution in [2.75, 3.05) is 6.54 Å². The molecular weight excluding hydrogens is 230 g/mol. The first-order valence-corrected chi connectivity index (χ1v) is 7.61. The third kappa shape index (κ3) is 2.52. The predicted octanol–water partition coefficient (Wildman–Crippen LogP) is 4.21. The van der Waals surface area contributed by atoms with Gasteiger partial charge in [0.15, 0.2) is 0 Å². The van der Waals surface area contributed by atoms with E-state index in [0.717, 1.165) is 18.5 Å². The fourth-order valence-corrected chi connectivity index (χ4v) is 3.06. The van der Waals surface area contributed by atoms with Crippen LogP contribution in [-0.2, 0) is 6.54 Å². The zero-order valence-corrected chi connectivity index (χ0v) is 11.4. The maximum Gasteiger partial charge on any atom is 0.0242 e. The van der Waals surface area contributed by atoms with Crippen molar-refractivity contribution in [3.8, 4) is 0 Å². The molecule has 19 heavy (non-hydrogen) atoms. The van der Waals surface area contributed by atoms with Crippen LogP contribution in [0.15, 0.2) is 42.5 Å². The molecule has 0 spiro atoms. The molecule has 2 fully saturated rings. The Bertz CT molecular complexity index is 576. The van der Waals surface area contributed by atoms with Crippen LogP contribution in [0.4, 0.5) is 0 Å². The third-order valence-electron chi connectivity index (χ3n) is 4.51. The molecule has 0 atom stereocenters. The Morgan fingerprint density at radius 2 is 1.68 bits per heavy atom. The van der Waals surface area contributed by atoms with Gasteiger partial charge in [-0.3, -0.25) is 4.90 Å². The smallest absolute Gasteiger partial charge is 0.0242 e. The highest BCUT2D eigenvalue weighted by atomic mass is 15.2. The van der Waals surface area contributed by atoms with E-state index in [4.69, 9.17) is 0 Å².